The number of hydrogen-bond donors (Lipinski definition) is 2. The molecular weight excluding hydrogens is 370 g/mol. The van der Waals surface area contributed by atoms with Crippen LogP contribution in [0.15, 0.2) is 0 Å². The molecule has 4 aliphatic rings. The molecule has 162 valence electrons. The van der Waals surface area contributed by atoms with E-state index in [4.69, 9.17) is 15.6 Å². The molecule has 6 heteroatoms. The lowest BCUT2D eigenvalue weighted by Gasteiger charge is -2.60. The Morgan fingerprint density at radius 1 is 1.14 bits per heavy atom. The van der Waals surface area contributed by atoms with E-state index in [1.807, 2.05) is 0 Å². The van der Waals surface area contributed by atoms with E-state index in [9.17, 15) is 14.4 Å². The number of carboxylic acids is 1. The first-order valence-corrected chi connectivity index (χ1v) is 11.4. The number of aliphatic carboxylic acids is 1. The highest BCUT2D eigenvalue weighted by molar-refractivity contribution is 5.87. The van der Waals surface area contributed by atoms with Gasteiger partial charge in [0.2, 0.25) is 0 Å². The molecule has 0 aromatic heterocycles. The summed E-state index contributed by atoms with van der Waals surface area (Å²) in [4.78, 5) is 35.5. The van der Waals surface area contributed by atoms with Crippen LogP contribution in [0.25, 0.3) is 0 Å². The summed E-state index contributed by atoms with van der Waals surface area (Å²) >= 11 is 0. The molecule has 4 saturated carbocycles. The van der Waals surface area contributed by atoms with E-state index in [2.05, 4.69) is 13.8 Å². The van der Waals surface area contributed by atoms with Gasteiger partial charge in [0.15, 0.2) is 0 Å². The lowest BCUT2D eigenvalue weighted by Crippen LogP contribution is -2.54. The fraction of sp³-hybridized carbons (Fsp3) is 0.870. The van der Waals surface area contributed by atoms with Crippen molar-refractivity contribution in [3.8, 4) is 0 Å². The number of esters is 1. The minimum Gasteiger partial charge on any atom is -0.481 e. The van der Waals surface area contributed by atoms with E-state index in [0.29, 0.717) is 29.5 Å². The van der Waals surface area contributed by atoms with Crippen LogP contribution in [0.5, 0.6) is 0 Å². The second-order valence-electron chi connectivity index (χ2n) is 10.6. The zero-order chi connectivity index (χ0) is 21.0. The van der Waals surface area contributed by atoms with Crippen LogP contribution < -0.4 is 5.73 Å². The molecular formula is C23H35NO5. The lowest BCUT2D eigenvalue weighted by molar-refractivity contribution is -0.165. The Bertz CT molecular complexity index is 707. The zero-order valence-electron chi connectivity index (χ0n) is 17.7. The van der Waals surface area contributed by atoms with Gasteiger partial charge in [-0.2, -0.15) is 0 Å². The smallest absolute Gasteiger partial charge is 0.323 e. The van der Waals surface area contributed by atoms with E-state index >= 15 is 0 Å². The van der Waals surface area contributed by atoms with Crippen molar-refractivity contribution in [3.05, 3.63) is 0 Å². The Morgan fingerprint density at radius 3 is 2.62 bits per heavy atom. The minimum atomic E-state index is -1.09. The quantitative estimate of drug-likeness (QED) is 0.695. The maximum absolute atomic E-state index is 12.5. The van der Waals surface area contributed by atoms with Crippen LogP contribution >= 0.6 is 0 Å². The molecule has 4 aliphatic carbocycles. The molecule has 0 aromatic rings. The van der Waals surface area contributed by atoms with Crippen molar-refractivity contribution in [2.75, 3.05) is 0 Å². The number of carboxylic acid groups (broad SMARTS) is 1. The highest BCUT2D eigenvalue weighted by Crippen LogP contribution is 2.65. The Kier molecular flexibility index (Phi) is 5.29. The summed E-state index contributed by atoms with van der Waals surface area (Å²) in [5.41, 5.74) is 5.84. The molecule has 0 amide bonds. The number of ketones is 1. The molecule has 0 saturated heterocycles. The molecule has 4 rings (SSSR count). The highest BCUT2D eigenvalue weighted by Gasteiger charge is 2.60. The number of carbonyl (C=O) groups is 3. The molecule has 4 fully saturated rings. The molecule has 0 radical (unpaired) electrons. The maximum atomic E-state index is 12.5. The average Bonchev–Trinajstić information content (AvgIpc) is 2.96. The van der Waals surface area contributed by atoms with Crippen LogP contribution in [-0.2, 0) is 19.1 Å². The maximum Gasteiger partial charge on any atom is 0.323 e. The summed E-state index contributed by atoms with van der Waals surface area (Å²) in [6.45, 7) is 4.65. The van der Waals surface area contributed by atoms with Gasteiger partial charge in [-0.1, -0.05) is 13.8 Å². The molecule has 0 aliphatic heterocycles. The van der Waals surface area contributed by atoms with Gasteiger partial charge in [0.1, 0.15) is 17.9 Å². The van der Waals surface area contributed by atoms with Crippen molar-refractivity contribution in [1.82, 2.24) is 0 Å². The first-order valence-electron chi connectivity index (χ1n) is 11.4. The number of carbonyl (C=O) groups excluding carboxylic acids is 2. The summed E-state index contributed by atoms with van der Waals surface area (Å²) in [6.07, 6.45) is 8.47. The summed E-state index contributed by atoms with van der Waals surface area (Å²) < 4.78 is 5.61. The minimum absolute atomic E-state index is 0.0859. The topological polar surface area (TPSA) is 107 Å². The molecule has 29 heavy (non-hydrogen) atoms. The van der Waals surface area contributed by atoms with Crippen LogP contribution in [0, 0.1) is 34.5 Å². The molecule has 0 bridgehead atoms. The third-order valence-electron chi connectivity index (χ3n) is 9.31. The van der Waals surface area contributed by atoms with Crippen LogP contribution in [0.1, 0.15) is 78.1 Å². The Labute approximate surface area is 172 Å². The number of nitrogens with two attached hydrogens (primary N) is 1. The van der Waals surface area contributed by atoms with E-state index in [0.717, 1.165) is 51.4 Å². The van der Waals surface area contributed by atoms with Gasteiger partial charge < -0.3 is 15.6 Å². The molecule has 0 heterocycles. The second kappa shape index (κ2) is 7.36. The summed E-state index contributed by atoms with van der Waals surface area (Å²) in [6, 6.07) is -1.09. The molecule has 6 unspecified atom stereocenters. The Hall–Kier alpha value is -1.43. The van der Waals surface area contributed by atoms with E-state index in [1.165, 1.54) is 6.42 Å². The zero-order valence-corrected chi connectivity index (χ0v) is 17.7. The van der Waals surface area contributed by atoms with Gasteiger partial charge in [0, 0.05) is 11.8 Å². The molecule has 0 aromatic carbocycles. The van der Waals surface area contributed by atoms with Crippen molar-refractivity contribution in [1.29, 1.82) is 0 Å². The molecule has 0 spiro atoms. The van der Waals surface area contributed by atoms with Gasteiger partial charge in [0.05, 0.1) is 6.42 Å². The third kappa shape index (κ3) is 3.41. The Balaban J connectivity index is 1.42. The SMILES string of the molecule is C[C@]12CCC(OC(=O)C(N)CC(=O)O)CC1CCC1C2CC[C@]2(C)C(=O)CCC12. The summed E-state index contributed by atoms with van der Waals surface area (Å²) in [5.74, 6) is 1.21. The Morgan fingerprint density at radius 2 is 1.90 bits per heavy atom. The van der Waals surface area contributed by atoms with E-state index < -0.39 is 24.4 Å². The summed E-state index contributed by atoms with van der Waals surface area (Å²) in [7, 11) is 0. The van der Waals surface area contributed by atoms with Gasteiger partial charge in [-0.15, -0.1) is 0 Å². The molecule has 8 atom stereocenters. The van der Waals surface area contributed by atoms with Crippen molar-refractivity contribution in [2.45, 2.75) is 90.2 Å². The fourth-order valence-electron chi connectivity index (χ4n) is 7.62. The normalized spacial score (nSPS) is 44.9. The predicted molar refractivity (Wildman–Crippen MR) is 107 cm³/mol. The number of rotatable bonds is 4. The van der Waals surface area contributed by atoms with Gasteiger partial charge >= 0.3 is 11.9 Å². The van der Waals surface area contributed by atoms with Crippen LogP contribution in [0.2, 0.25) is 0 Å². The standard InChI is InChI=1S/C23H35NO5/c1-22-9-7-14(29-21(28)18(24)12-20(26)27)11-13(22)3-4-15-16-5-6-19(25)23(16,2)10-8-17(15)22/h13-18H,3-12,24H2,1-2H3,(H,26,27)/t13?,14?,15?,16?,17?,18?,22-,23-/m0/s1. The van der Waals surface area contributed by atoms with Gasteiger partial charge in [0.25, 0.3) is 0 Å². The van der Waals surface area contributed by atoms with Crippen LogP contribution in [0.4, 0.5) is 0 Å². The largest absolute Gasteiger partial charge is 0.481 e. The third-order valence-corrected chi connectivity index (χ3v) is 9.31. The van der Waals surface area contributed by atoms with Gasteiger partial charge in [-0.05, 0) is 80.5 Å². The number of hydrogen-bond acceptors (Lipinski definition) is 5. The average molecular weight is 406 g/mol. The lowest BCUT2D eigenvalue weighted by atomic mass is 9.45. The highest BCUT2D eigenvalue weighted by atomic mass is 16.5. The monoisotopic (exact) mass is 405 g/mol. The van der Waals surface area contributed by atoms with Crippen molar-refractivity contribution in [3.63, 3.8) is 0 Å². The van der Waals surface area contributed by atoms with E-state index in [-0.39, 0.29) is 16.9 Å². The van der Waals surface area contributed by atoms with Gasteiger partial charge in [-0.25, -0.2) is 0 Å². The first-order chi connectivity index (χ1) is 13.6. The van der Waals surface area contributed by atoms with Crippen molar-refractivity contribution >= 4 is 17.7 Å². The fourth-order valence-corrected chi connectivity index (χ4v) is 7.62. The van der Waals surface area contributed by atoms with Gasteiger partial charge in [-0.3, -0.25) is 14.4 Å². The summed E-state index contributed by atoms with van der Waals surface area (Å²) in [5, 5.41) is 8.83. The van der Waals surface area contributed by atoms with Crippen LogP contribution in [0.3, 0.4) is 0 Å². The number of ether oxygens (including phenoxy) is 1. The van der Waals surface area contributed by atoms with Crippen molar-refractivity contribution in [2.24, 2.45) is 40.2 Å². The second-order valence-corrected chi connectivity index (χ2v) is 10.6. The number of fused-ring (bicyclic) bond motifs is 5. The van der Waals surface area contributed by atoms with E-state index in [1.54, 1.807) is 0 Å². The first kappa shape index (κ1) is 20.8. The molecule has 6 nitrogen and oxygen atoms in total. The number of Topliss-reactive ketones (excluding diaryl/α,β-unsaturated/α-hetero) is 1. The van der Waals surface area contributed by atoms with Crippen LogP contribution in [-0.4, -0.2) is 35.0 Å². The molecule has 3 N–H and O–H groups in total. The van der Waals surface area contributed by atoms with Crippen molar-refractivity contribution < 1.29 is 24.2 Å². The predicted octanol–water partition coefficient (Wildman–Crippen LogP) is 3.31.